The second-order valence-corrected chi connectivity index (χ2v) is 15.3. The first-order chi connectivity index (χ1) is 30.4. The van der Waals surface area contributed by atoms with E-state index in [-0.39, 0.29) is 18.8 Å². The third-order valence-electron chi connectivity index (χ3n) is 8.83. The van der Waals surface area contributed by atoms with Crippen LogP contribution >= 0.6 is 0 Å². The first-order valence-corrected chi connectivity index (χ1v) is 20.2. The molecule has 360 valence electrons. The molecule has 0 radical (unpaired) electrons. The molecular formula is C39H59N11O15. The summed E-state index contributed by atoms with van der Waals surface area (Å²) in [5.74, 6) is -13.3. The minimum absolute atomic E-state index is 0.117. The Morgan fingerprint density at radius 2 is 1.02 bits per heavy atom. The number of benzene rings is 1. The number of hydrogen-bond acceptors (Lipinski definition) is 14. The number of hydrogen-bond donors (Lipinski definition) is 14. The summed E-state index contributed by atoms with van der Waals surface area (Å²) in [6, 6.07) is -0.711. The van der Waals surface area contributed by atoms with Crippen molar-refractivity contribution in [2.75, 3.05) is 32.8 Å². The number of nitrogens with two attached hydrogens (primary N) is 2. The molecule has 0 aromatic heterocycles. The molecule has 65 heavy (non-hydrogen) atoms. The molecule has 0 aliphatic rings. The number of aliphatic hydroxyl groups excluding tert-OH is 1. The van der Waals surface area contributed by atoms with Gasteiger partial charge in [0.05, 0.1) is 39.1 Å². The van der Waals surface area contributed by atoms with Crippen LogP contribution in [0.2, 0.25) is 0 Å². The fraction of sp³-hybridized carbons (Fsp3) is 0.538. The molecule has 1 aromatic rings. The van der Waals surface area contributed by atoms with Gasteiger partial charge in [-0.25, -0.2) is 0 Å². The molecule has 0 saturated heterocycles. The highest BCUT2D eigenvalue weighted by molar-refractivity contribution is 5.99. The van der Waals surface area contributed by atoms with E-state index in [0.717, 1.165) is 0 Å². The molecule has 0 heterocycles. The molecule has 0 spiro atoms. The summed E-state index contributed by atoms with van der Waals surface area (Å²) in [4.78, 5) is 150. The van der Waals surface area contributed by atoms with Crippen LogP contribution in [0, 0.1) is 11.8 Å². The highest BCUT2D eigenvalue weighted by atomic mass is 16.4. The zero-order valence-corrected chi connectivity index (χ0v) is 36.3. The monoisotopic (exact) mass is 921 g/mol. The van der Waals surface area contributed by atoms with Gasteiger partial charge in [0, 0.05) is 6.42 Å². The van der Waals surface area contributed by atoms with Crippen molar-refractivity contribution in [3.63, 3.8) is 0 Å². The molecule has 1 rings (SSSR count). The lowest BCUT2D eigenvalue weighted by Crippen LogP contribution is -2.60. The van der Waals surface area contributed by atoms with Gasteiger partial charge in [0.15, 0.2) is 0 Å². The van der Waals surface area contributed by atoms with Crippen molar-refractivity contribution >= 4 is 71.0 Å². The van der Waals surface area contributed by atoms with Crippen LogP contribution in [0.25, 0.3) is 0 Å². The van der Waals surface area contributed by atoms with Crippen molar-refractivity contribution in [2.24, 2.45) is 23.3 Å². The second-order valence-electron chi connectivity index (χ2n) is 15.3. The predicted molar refractivity (Wildman–Crippen MR) is 225 cm³/mol. The van der Waals surface area contributed by atoms with Crippen molar-refractivity contribution in [3.05, 3.63) is 35.9 Å². The van der Waals surface area contributed by atoms with Crippen molar-refractivity contribution in [1.29, 1.82) is 0 Å². The summed E-state index contributed by atoms with van der Waals surface area (Å²) in [5, 5.41) is 48.0. The summed E-state index contributed by atoms with van der Waals surface area (Å²) in [5.41, 5.74) is 11.4. The molecule has 16 N–H and O–H groups in total. The van der Waals surface area contributed by atoms with Crippen LogP contribution in [-0.4, -0.2) is 155 Å². The van der Waals surface area contributed by atoms with E-state index in [1.165, 1.54) is 0 Å². The van der Waals surface area contributed by atoms with Gasteiger partial charge in [0.1, 0.15) is 42.8 Å². The molecule has 0 fully saturated rings. The number of primary amides is 1. The highest BCUT2D eigenvalue weighted by Crippen LogP contribution is 2.09. The maximum Gasteiger partial charge on any atom is 0.322 e. The Kier molecular flexibility index (Phi) is 24.4. The van der Waals surface area contributed by atoms with Crippen molar-refractivity contribution in [2.45, 2.75) is 89.6 Å². The molecule has 6 atom stereocenters. The van der Waals surface area contributed by atoms with Gasteiger partial charge in [-0.15, -0.1) is 0 Å². The van der Waals surface area contributed by atoms with E-state index >= 15 is 0 Å². The third kappa shape index (κ3) is 22.6. The molecule has 0 aliphatic carbocycles. The van der Waals surface area contributed by atoms with Crippen molar-refractivity contribution in [3.8, 4) is 0 Å². The number of aliphatic carboxylic acids is 2. The van der Waals surface area contributed by atoms with E-state index in [1.54, 1.807) is 58.0 Å². The van der Waals surface area contributed by atoms with Crippen LogP contribution in [0.3, 0.4) is 0 Å². The number of carboxylic acids is 2. The van der Waals surface area contributed by atoms with Crippen LogP contribution < -0.4 is 59.3 Å². The lowest BCUT2D eigenvalue weighted by Gasteiger charge is -2.27. The van der Waals surface area contributed by atoms with E-state index in [4.69, 9.17) is 16.6 Å². The minimum Gasteiger partial charge on any atom is -0.481 e. The average Bonchev–Trinajstić information content (AvgIpc) is 3.23. The van der Waals surface area contributed by atoms with Crippen LogP contribution in [0.1, 0.15) is 52.5 Å². The number of carbonyl (C=O) groups excluding carboxylic acids is 10. The number of nitrogens with one attached hydrogen (secondary N) is 9. The lowest BCUT2D eigenvalue weighted by atomic mass is 10.0. The fourth-order valence-corrected chi connectivity index (χ4v) is 5.54. The second kappa shape index (κ2) is 28.5. The van der Waals surface area contributed by atoms with Crippen LogP contribution in [-0.2, 0) is 64.0 Å². The Morgan fingerprint density at radius 3 is 1.52 bits per heavy atom. The van der Waals surface area contributed by atoms with Gasteiger partial charge in [-0.2, -0.15) is 0 Å². The Bertz CT molecular complexity index is 1880. The fourth-order valence-electron chi connectivity index (χ4n) is 5.54. The molecule has 0 unspecified atom stereocenters. The largest absolute Gasteiger partial charge is 0.481 e. The first-order valence-electron chi connectivity index (χ1n) is 20.2. The number of amides is 10. The summed E-state index contributed by atoms with van der Waals surface area (Å²) in [7, 11) is 0. The molecule has 10 amide bonds. The molecule has 1 aromatic carbocycles. The van der Waals surface area contributed by atoms with Gasteiger partial charge < -0.3 is 74.6 Å². The van der Waals surface area contributed by atoms with E-state index in [9.17, 15) is 67.7 Å². The summed E-state index contributed by atoms with van der Waals surface area (Å²) >= 11 is 0. The van der Waals surface area contributed by atoms with Crippen molar-refractivity contribution in [1.82, 2.24) is 47.9 Å². The smallest absolute Gasteiger partial charge is 0.322 e. The highest BCUT2D eigenvalue weighted by Gasteiger charge is 2.34. The standard InChI is InChI=1S/C39H59N11O15/c1-19(2)10-23(47-38(64)26(13-31(56)57)49-37(63)24(46-34(60)22(40)18-51)11-21-8-6-5-7-9-21)36(62)48-25(12-27(41)52)35(61)44-15-29(54)42-14-28(53)43-16-30(55)50-33(20(3)4)39(65)45-17-32(58)59/h5-9,19-20,22-26,33,51H,10-18,40H2,1-4H3,(H2,41,52)(H,42,54)(H,43,53)(H,44,61)(H,45,65)(H,46,60)(H,47,64)(H,48,62)(H,49,63)(H,50,55)(H,56,57)(H,58,59)/t22-,23-,24-,25-,26-,33-/m0/s1. The summed E-state index contributed by atoms with van der Waals surface area (Å²) in [6.07, 6.45) is -2.04. The Hall–Kier alpha value is -7.22. The van der Waals surface area contributed by atoms with E-state index in [2.05, 4.69) is 47.9 Å². The zero-order chi connectivity index (χ0) is 49.4. The Labute approximate surface area is 372 Å². The van der Waals surface area contributed by atoms with E-state index in [1.807, 2.05) is 0 Å². The maximum atomic E-state index is 13.6. The Balaban J connectivity index is 2.99. The normalized spacial score (nSPS) is 13.5. The van der Waals surface area contributed by atoms with Crippen LogP contribution in [0.4, 0.5) is 0 Å². The molecule has 26 heteroatoms. The number of carbonyl (C=O) groups is 12. The summed E-state index contributed by atoms with van der Waals surface area (Å²) < 4.78 is 0. The Morgan fingerprint density at radius 1 is 0.538 bits per heavy atom. The first kappa shape index (κ1) is 55.8. The zero-order valence-electron chi connectivity index (χ0n) is 36.3. The van der Waals surface area contributed by atoms with E-state index < -0.39 is 159 Å². The van der Waals surface area contributed by atoms with Gasteiger partial charge in [-0.1, -0.05) is 58.0 Å². The lowest BCUT2D eigenvalue weighted by molar-refractivity contribution is -0.141. The van der Waals surface area contributed by atoms with Crippen molar-refractivity contribution < 1.29 is 72.9 Å². The average molecular weight is 922 g/mol. The predicted octanol–water partition coefficient (Wildman–Crippen LogP) is -6.43. The van der Waals surface area contributed by atoms with Crippen LogP contribution in [0.15, 0.2) is 30.3 Å². The number of carboxylic acid groups (broad SMARTS) is 2. The minimum atomic E-state index is -1.83. The van der Waals surface area contributed by atoms with E-state index in [0.29, 0.717) is 5.56 Å². The van der Waals surface area contributed by atoms with Gasteiger partial charge in [-0.05, 0) is 23.8 Å². The number of aliphatic hydroxyl groups is 1. The van der Waals surface area contributed by atoms with Gasteiger partial charge in [-0.3, -0.25) is 57.5 Å². The maximum absolute atomic E-state index is 13.6. The molecule has 0 bridgehead atoms. The summed E-state index contributed by atoms with van der Waals surface area (Å²) in [6.45, 7) is 2.96. The quantitative estimate of drug-likeness (QED) is 0.0355. The topological polar surface area (TPSA) is 426 Å². The molecule has 26 nitrogen and oxygen atoms in total. The SMILES string of the molecule is CC(C)C[C@H](NC(=O)[C@H](CC(=O)O)NC(=O)[C@H](Cc1ccccc1)NC(=O)[C@@H](N)CO)C(=O)N[C@@H](CC(N)=O)C(=O)NCC(=O)NCC(=O)NCC(=O)N[C@H](C(=O)NCC(=O)O)C(C)C. The van der Waals surface area contributed by atoms with Gasteiger partial charge >= 0.3 is 11.9 Å². The molecule has 0 saturated carbocycles. The third-order valence-corrected chi connectivity index (χ3v) is 8.83. The molecular weight excluding hydrogens is 862 g/mol. The van der Waals surface area contributed by atoms with Gasteiger partial charge in [0.2, 0.25) is 59.1 Å². The van der Waals surface area contributed by atoms with Gasteiger partial charge in [0.25, 0.3) is 0 Å². The molecule has 0 aliphatic heterocycles. The number of rotatable bonds is 29. The van der Waals surface area contributed by atoms with Crippen LogP contribution in [0.5, 0.6) is 0 Å².